The first-order valence-corrected chi connectivity index (χ1v) is 5.24. The van der Waals surface area contributed by atoms with Crippen molar-refractivity contribution in [1.82, 2.24) is 15.0 Å². The van der Waals surface area contributed by atoms with Crippen LogP contribution in [-0.4, -0.2) is 36.3 Å². The molecule has 6 heteroatoms. The lowest BCUT2D eigenvalue weighted by atomic mass is 10.2. The molecule has 0 saturated heterocycles. The van der Waals surface area contributed by atoms with Gasteiger partial charge in [-0.05, 0) is 6.07 Å². The van der Waals surface area contributed by atoms with Crippen LogP contribution in [0, 0.1) is 0 Å². The monoisotopic (exact) mass is 247 g/mol. The lowest BCUT2D eigenvalue weighted by molar-refractivity contribution is 0.372. The van der Waals surface area contributed by atoms with E-state index in [4.69, 9.17) is 14.2 Å². The van der Waals surface area contributed by atoms with Gasteiger partial charge < -0.3 is 14.2 Å². The van der Waals surface area contributed by atoms with Gasteiger partial charge in [0.2, 0.25) is 17.6 Å². The van der Waals surface area contributed by atoms with Gasteiger partial charge in [0.25, 0.3) is 0 Å². The molecule has 18 heavy (non-hydrogen) atoms. The highest BCUT2D eigenvalue weighted by Gasteiger charge is 2.08. The van der Waals surface area contributed by atoms with Crippen molar-refractivity contribution in [2.75, 3.05) is 21.3 Å². The maximum Gasteiger partial charge on any atom is 0.220 e. The molecule has 6 nitrogen and oxygen atoms in total. The molecule has 0 aliphatic rings. The molecule has 0 fully saturated rings. The normalized spacial score (nSPS) is 9.94. The fourth-order valence-corrected chi connectivity index (χ4v) is 1.38. The number of nitrogens with zero attached hydrogens (tertiary/aromatic N) is 3. The van der Waals surface area contributed by atoms with Crippen molar-refractivity contribution in [2.24, 2.45) is 0 Å². The van der Waals surface area contributed by atoms with Crippen molar-refractivity contribution in [2.45, 2.75) is 0 Å². The quantitative estimate of drug-likeness (QED) is 0.816. The van der Waals surface area contributed by atoms with E-state index in [2.05, 4.69) is 15.0 Å². The van der Waals surface area contributed by atoms with Gasteiger partial charge in [-0.15, -0.1) is 0 Å². The van der Waals surface area contributed by atoms with Crippen LogP contribution in [0.15, 0.2) is 24.4 Å². The van der Waals surface area contributed by atoms with Crippen LogP contribution in [0.4, 0.5) is 0 Å². The number of rotatable bonds is 4. The van der Waals surface area contributed by atoms with E-state index in [9.17, 15) is 0 Å². The third kappa shape index (κ3) is 2.48. The first-order chi connectivity index (χ1) is 8.76. The van der Waals surface area contributed by atoms with E-state index in [0.717, 1.165) is 5.56 Å². The molecule has 2 heterocycles. The molecule has 0 aliphatic carbocycles. The maximum atomic E-state index is 5.09. The van der Waals surface area contributed by atoms with Crippen molar-refractivity contribution < 1.29 is 14.2 Å². The molecule has 0 atom stereocenters. The summed E-state index contributed by atoms with van der Waals surface area (Å²) in [6.07, 6.45) is 1.63. The van der Waals surface area contributed by atoms with Gasteiger partial charge in [-0.1, -0.05) is 0 Å². The zero-order valence-corrected chi connectivity index (χ0v) is 10.4. The van der Waals surface area contributed by atoms with Crippen molar-refractivity contribution in [3.63, 3.8) is 0 Å². The average molecular weight is 247 g/mol. The lowest BCUT2D eigenvalue weighted by Crippen LogP contribution is -1.97. The van der Waals surface area contributed by atoms with E-state index in [-0.39, 0.29) is 0 Å². The van der Waals surface area contributed by atoms with Gasteiger partial charge in [0.15, 0.2) is 5.82 Å². The van der Waals surface area contributed by atoms with E-state index in [1.807, 2.05) is 6.07 Å². The van der Waals surface area contributed by atoms with Crippen molar-refractivity contribution in [1.29, 1.82) is 0 Å². The minimum Gasteiger partial charge on any atom is -0.481 e. The van der Waals surface area contributed by atoms with E-state index in [1.54, 1.807) is 25.4 Å². The molecule has 2 rings (SSSR count). The molecule has 0 unspecified atom stereocenters. The van der Waals surface area contributed by atoms with Crippen LogP contribution in [0.2, 0.25) is 0 Å². The molecular formula is C12H13N3O3. The van der Waals surface area contributed by atoms with Gasteiger partial charge in [0.1, 0.15) is 0 Å². The lowest BCUT2D eigenvalue weighted by Gasteiger charge is -2.06. The van der Waals surface area contributed by atoms with Crippen molar-refractivity contribution in [3.05, 3.63) is 24.4 Å². The molecule has 0 radical (unpaired) electrons. The summed E-state index contributed by atoms with van der Waals surface area (Å²) in [4.78, 5) is 12.6. The third-order valence-corrected chi connectivity index (χ3v) is 2.30. The van der Waals surface area contributed by atoms with Gasteiger partial charge in [0.05, 0.1) is 27.4 Å². The highest BCUT2D eigenvalue weighted by Crippen LogP contribution is 2.22. The first kappa shape index (κ1) is 12.1. The molecule has 0 N–H and O–H groups in total. The molecular weight excluding hydrogens is 234 g/mol. The standard InChI is InChI=1S/C12H13N3O3/c1-16-9-5-4-8(7-13-9)12-14-10(17-2)6-11(15-12)18-3/h4-7H,1-3H3. The van der Waals surface area contributed by atoms with Gasteiger partial charge in [-0.3, -0.25) is 0 Å². The summed E-state index contributed by atoms with van der Waals surface area (Å²) >= 11 is 0. The summed E-state index contributed by atoms with van der Waals surface area (Å²) in [5, 5.41) is 0. The average Bonchev–Trinajstić information content (AvgIpc) is 2.46. The Balaban J connectivity index is 2.41. The predicted octanol–water partition coefficient (Wildman–Crippen LogP) is 1.56. The first-order valence-electron chi connectivity index (χ1n) is 5.24. The highest BCUT2D eigenvalue weighted by molar-refractivity contribution is 5.55. The number of pyridine rings is 1. The van der Waals surface area contributed by atoms with Gasteiger partial charge in [-0.25, -0.2) is 4.98 Å². The summed E-state index contributed by atoms with van der Waals surface area (Å²) in [5.74, 6) is 1.90. The minimum absolute atomic E-state index is 0.438. The molecule has 0 saturated carbocycles. The Morgan fingerprint density at radius 3 is 1.89 bits per heavy atom. The molecule has 0 aliphatic heterocycles. The van der Waals surface area contributed by atoms with Gasteiger partial charge in [0, 0.05) is 17.8 Å². The fraction of sp³-hybridized carbons (Fsp3) is 0.250. The number of hydrogen-bond acceptors (Lipinski definition) is 6. The number of hydrogen-bond donors (Lipinski definition) is 0. The van der Waals surface area contributed by atoms with Crippen molar-refractivity contribution >= 4 is 0 Å². The summed E-state index contributed by atoms with van der Waals surface area (Å²) in [6.45, 7) is 0. The third-order valence-electron chi connectivity index (χ3n) is 2.30. The zero-order valence-electron chi connectivity index (χ0n) is 10.4. The van der Waals surface area contributed by atoms with E-state index < -0.39 is 0 Å². The van der Waals surface area contributed by atoms with Gasteiger partial charge in [-0.2, -0.15) is 9.97 Å². The van der Waals surface area contributed by atoms with Gasteiger partial charge >= 0.3 is 0 Å². The van der Waals surface area contributed by atoms with E-state index >= 15 is 0 Å². The predicted molar refractivity (Wildman–Crippen MR) is 64.9 cm³/mol. The molecule has 2 aromatic rings. The summed E-state index contributed by atoms with van der Waals surface area (Å²) in [7, 11) is 4.64. The number of aromatic nitrogens is 3. The fourth-order valence-electron chi connectivity index (χ4n) is 1.38. The largest absolute Gasteiger partial charge is 0.481 e. The van der Waals surface area contributed by atoms with E-state index in [0.29, 0.717) is 23.5 Å². The van der Waals surface area contributed by atoms with Crippen molar-refractivity contribution in [3.8, 4) is 29.0 Å². The number of methoxy groups -OCH3 is 3. The van der Waals surface area contributed by atoms with Crippen LogP contribution in [0.5, 0.6) is 17.6 Å². The topological polar surface area (TPSA) is 66.4 Å². The molecule has 0 aromatic carbocycles. The molecule has 0 amide bonds. The van der Waals surface area contributed by atoms with E-state index in [1.165, 1.54) is 14.2 Å². The Hall–Kier alpha value is -2.37. The molecule has 0 bridgehead atoms. The summed E-state index contributed by atoms with van der Waals surface area (Å²) in [5.41, 5.74) is 0.757. The van der Waals surface area contributed by atoms with Crippen LogP contribution < -0.4 is 14.2 Å². The van der Waals surface area contributed by atoms with Crippen LogP contribution in [0.25, 0.3) is 11.4 Å². The second kappa shape index (κ2) is 5.31. The zero-order chi connectivity index (χ0) is 13.0. The van der Waals surface area contributed by atoms with Crippen LogP contribution in [0.1, 0.15) is 0 Å². The summed E-state index contributed by atoms with van der Waals surface area (Å²) in [6, 6.07) is 5.17. The van der Waals surface area contributed by atoms with Crippen LogP contribution in [0.3, 0.4) is 0 Å². The minimum atomic E-state index is 0.438. The van der Waals surface area contributed by atoms with Crippen LogP contribution in [-0.2, 0) is 0 Å². The molecule has 0 spiro atoms. The Morgan fingerprint density at radius 2 is 1.44 bits per heavy atom. The second-order valence-electron chi connectivity index (χ2n) is 3.37. The Labute approximate surface area is 105 Å². The summed E-state index contributed by atoms with van der Waals surface area (Å²) < 4.78 is 15.2. The van der Waals surface area contributed by atoms with Crippen LogP contribution >= 0.6 is 0 Å². The smallest absolute Gasteiger partial charge is 0.220 e. The maximum absolute atomic E-state index is 5.09. The Morgan fingerprint density at radius 1 is 0.833 bits per heavy atom. The SMILES string of the molecule is COc1ccc(-c2nc(OC)cc(OC)n2)cn1. The number of ether oxygens (including phenoxy) is 3. The Bertz CT molecular complexity index is 506. The Kier molecular flexibility index (Phi) is 3.57. The molecule has 94 valence electrons. The highest BCUT2D eigenvalue weighted by atomic mass is 16.5. The molecule has 2 aromatic heterocycles. The second-order valence-corrected chi connectivity index (χ2v) is 3.37.